The fraction of sp³-hybridized carbons (Fsp3) is 0.400. The Hall–Kier alpha value is -0.850. The zero-order chi connectivity index (χ0) is 11.9. The van der Waals surface area contributed by atoms with E-state index in [1.165, 1.54) is 0 Å². The van der Waals surface area contributed by atoms with Crippen molar-refractivity contribution in [2.45, 2.75) is 25.3 Å². The molecule has 1 aliphatic carbocycles. The van der Waals surface area contributed by atoms with Crippen LogP contribution in [0.25, 0.3) is 0 Å². The molecule has 0 saturated heterocycles. The Morgan fingerprint density at radius 2 is 2.25 bits per heavy atom. The third-order valence-electron chi connectivity index (χ3n) is 2.77. The highest BCUT2D eigenvalue weighted by Crippen LogP contribution is 2.44. The van der Waals surface area contributed by atoms with E-state index in [0.717, 1.165) is 0 Å². The van der Waals surface area contributed by atoms with E-state index in [1.807, 2.05) is 4.72 Å². The maximum atomic E-state index is 13.6. The Labute approximate surface area is 94.3 Å². The first kappa shape index (κ1) is 11.6. The summed E-state index contributed by atoms with van der Waals surface area (Å²) in [5, 5.41) is 0. The summed E-state index contributed by atoms with van der Waals surface area (Å²) in [4.78, 5) is 0. The zero-order valence-electron chi connectivity index (χ0n) is 8.50. The van der Waals surface area contributed by atoms with Crippen LogP contribution in [0.4, 0.5) is 8.78 Å². The van der Waals surface area contributed by atoms with Gasteiger partial charge < -0.3 is 4.55 Å². The summed E-state index contributed by atoms with van der Waals surface area (Å²) >= 11 is -2.70. The van der Waals surface area contributed by atoms with Crippen molar-refractivity contribution in [3.8, 4) is 0 Å². The lowest BCUT2D eigenvalue weighted by molar-refractivity contribution is -0.0190. The SMILES string of the molecule is Cc1cccc2c1C(NS(=O)[O-])C(F)(F)C2. The van der Waals surface area contributed by atoms with Crippen molar-refractivity contribution in [3.63, 3.8) is 0 Å². The number of halogens is 2. The molecule has 2 unspecified atom stereocenters. The number of aryl methyl sites for hydroxylation is 1. The van der Waals surface area contributed by atoms with Crippen molar-refractivity contribution in [1.82, 2.24) is 4.72 Å². The lowest BCUT2D eigenvalue weighted by Crippen LogP contribution is -2.35. The molecule has 1 aromatic carbocycles. The second kappa shape index (κ2) is 3.87. The lowest BCUT2D eigenvalue weighted by Gasteiger charge is -2.23. The highest BCUT2D eigenvalue weighted by molar-refractivity contribution is 7.77. The first-order valence-electron chi connectivity index (χ1n) is 4.73. The molecule has 16 heavy (non-hydrogen) atoms. The lowest BCUT2D eigenvalue weighted by atomic mass is 10.0. The van der Waals surface area contributed by atoms with Crippen LogP contribution < -0.4 is 4.72 Å². The molecular weight excluding hydrogens is 236 g/mol. The van der Waals surface area contributed by atoms with E-state index >= 15 is 0 Å². The average molecular weight is 246 g/mol. The molecule has 1 N–H and O–H groups in total. The van der Waals surface area contributed by atoms with Crippen LogP contribution in [0.15, 0.2) is 18.2 Å². The Balaban J connectivity index is 2.47. The summed E-state index contributed by atoms with van der Waals surface area (Å²) in [6.45, 7) is 1.70. The Kier molecular flexibility index (Phi) is 2.81. The van der Waals surface area contributed by atoms with Gasteiger partial charge in [-0.05, 0) is 23.6 Å². The van der Waals surface area contributed by atoms with Gasteiger partial charge in [-0.3, -0.25) is 4.21 Å². The van der Waals surface area contributed by atoms with E-state index in [0.29, 0.717) is 16.7 Å². The highest BCUT2D eigenvalue weighted by atomic mass is 32.2. The Morgan fingerprint density at radius 3 is 2.88 bits per heavy atom. The van der Waals surface area contributed by atoms with Crippen LogP contribution in [-0.2, 0) is 17.7 Å². The summed E-state index contributed by atoms with van der Waals surface area (Å²) in [6, 6.07) is 3.55. The van der Waals surface area contributed by atoms with E-state index in [4.69, 9.17) is 0 Å². The molecule has 6 heteroatoms. The van der Waals surface area contributed by atoms with Gasteiger partial charge in [0.15, 0.2) is 0 Å². The molecule has 2 atom stereocenters. The molecule has 0 spiro atoms. The summed E-state index contributed by atoms with van der Waals surface area (Å²) in [5.41, 5.74) is 1.59. The van der Waals surface area contributed by atoms with Crippen LogP contribution in [0.3, 0.4) is 0 Å². The predicted octanol–water partition coefficient (Wildman–Crippen LogP) is 1.61. The normalized spacial score (nSPS) is 24.1. The molecule has 1 aliphatic rings. The number of hydrogen-bond acceptors (Lipinski definition) is 2. The van der Waals surface area contributed by atoms with Gasteiger partial charge in [0, 0.05) is 17.7 Å². The van der Waals surface area contributed by atoms with E-state index in [1.54, 1.807) is 25.1 Å². The van der Waals surface area contributed by atoms with Gasteiger partial charge >= 0.3 is 0 Å². The quantitative estimate of drug-likeness (QED) is 0.806. The number of rotatable bonds is 2. The first-order valence-corrected chi connectivity index (χ1v) is 5.81. The van der Waals surface area contributed by atoms with Gasteiger partial charge in [-0.1, -0.05) is 18.2 Å². The van der Waals surface area contributed by atoms with Crippen molar-refractivity contribution in [3.05, 3.63) is 34.9 Å². The van der Waals surface area contributed by atoms with Crippen molar-refractivity contribution < 1.29 is 17.5 Å². The van der Waals surface area contributed by atoms with Crippen LogP contribution in [0.1, 0.15) is 22.7 Å². The van der Waals surface area contributed by atoms with Crippen LogP contribution in [0.2, 0.25) is 0 Å². The number of hydrogen-bond donors (Lipinski definition) is 1. The number of nitrogens with one attached hydrogen (secondary N) is 1. The largest absolute Gasteiger partial charge is 0.760 e. The van der Waals surface area contributed by atoms with Crippen molar-refractivity contribution in [2.24, 2.45) is 0 Å². The maximum Gasteiger partial charge on any atom is 0.272 e. The molecule has 2 rings (SSSR count). The zero-order valence-corrected chi connectivity index (χ0v) is 9.31. The van der Waals surface area contributed by atoms with Crippen LogP contribution in [0, 0.1) is 6.92 Å². The minimum absolute atomic E-state index is 0.400. The summed E-state index contributed by atoms with van der Waals surface area (Å²) in [7, 11) is 0. The molecule has 0 saturated carbocycles. The monoisotopic (exact) mass is 246 g/mol. The minimum atomic E-state index is -3.06. The van der Waals surface area contributed by atoms with Crippen LogP contribution >= 0.6 is 0 Å². The molecule has 1 aromatic rings. The van der Waals surface area contributed by atoms with Crippen molar-refractivity contribution in [1.29, 1.82) is 0 Å². The van der Waals surface area contributed by atoms with Gasteiger partial charge in [0.05, 0.1) is 0 Å². The Bertz CT molecular complexity index is 450. The highest BCUT2D eigenvalue weighted by Gasteiger charge is 2.48. The fourth-order valence-electron chi connectivity index (χ4n) is 2.12. The van der Waals surface area contributed by atoms with Gasteiger partial charge in [0.2, 0.25) is 0 Å². The molecule has 0 aliphatic heterocycles. The molecule has 0 aromatic heterocycles. The Morgan fingerprint density at radius 1 is 1.56 bits per heavy atom. The van der Waals surface area contributed by atoms with Crippen LogP contribution in [-0.4, -0.2) is 14.7 Å². The molecule has 0 amide bonds. The summed E-state index contributed by atoms with van der Waals surface area (Å²) < 4.78 is 50.1. The summed E-state index contributed by atoms with van der Waals surface area (Å²) in [6.07, 6.45) is -0.418. The number of fused-ring (bicyclic) bond motifs is 1. The smallest absolute Gasteiger partial charge is 0.272 e. The van der Waals surface area contributed by atoms with Gasteiger partial charge in [0.1, 0.15) is 6.04 Å². The molecule has 88 valence electrons. The van der Waals surface area contributed by atoms with E-state index < -0.39 is 29.7 Å². The predicted molar refractivity (Wildman–Crippen MR) is 54.6 cm³/mol. The van der Waals surface area contributed by atoms with Crippen LogP contribution in [0.5, 0.6) is 0 Å². The van der Waals surface area contributed by atoms with E-state index in [9.17, 15) is 17.5 Å². The first-order chi connectivity index (χ1) is 7.42. The molecule has 0 heterocycles. The van der Waals surface area contributed by atoms with E-state index in [-0.39, 0.29) is 0 Å². The number of benzene rings is 1. The second-order valence-electron chi connectivity index (χ2n) is 3.87. The molecule has 3 nitrogen and oxygen atoms in total. The van der Waals surface area contributed by atoms with Gasteiger partial charge in [-0.2, -0.15) is 0 Å². The number of alkyl halides is 2. The standard InChI is InChI=1S/C10H11F2NO2S/c1-6-3-2-4-7-5-10(11,12)9(8(6)7)13-16(14)15/h2-4,9,13H,5H2,1H3,(H,14,15)/p-1. The molecule has 0 radical (unpaired) electrons. The maximum absolute atomic E-state index is 13.6. The second-order valence-corrected chi connectivity index (χ2v) is 4.58. The molecule has 0 bridgehead atoms. The van der Waals surface area contributed by atoms with Crippen molar-refractivity contribution >= 4 is 11.3 Å². The topological polar surface area (TPSA) is 52.2 Å². The van der Waals surface area contributed by atoms with E-state index in [2.05, 4.69) is 0 Å². The molecule has 0 fully saturated rings. The van der Waals surface area contributed by atoms with Gasteiger partial charge in [-0.25, -0.2) is 13.5 Å². The summed E-state index contributed by atoms with van der Waals surface area (Å²) in [5.74, 6) is -3.06. The van der Waals surface area contributed by atoms with Gasteiger partial charge in [-0.15, -0.1) is 0 Å². The third-order valence-corrected chi connectivity index (χ3v) is 3.19. The van der Waals surface area contributed by atoms with Crippen molar-refractivity contribution in [2.75, 3.05) is 0 Å². The third kappa shape index (κ3) is 1.88. The minimum Gasteiger partial charge on any atom is -0.760 e. The average Bonchev–Trinajstić information content (AvgIpc) is 2.38. The molecular formula is C10H10F2NO2S-. The fourth-order valence-corrected chi connectivity index (χ4v) is 2.60. The van der Waals surface area contributed by atoms with Gasteiger partial charge in [0.25, 0.3) is 5.92 Å².